The van der Waals surface area contributed by atoms with E-state index < -0.39 is 5.60 Å². The minimum absolute atomic E-state index is 0.211. The highest BCUT2D eigenvalue weighted by Crippen LogP contribution is 2.51. The average Bonchev–Trinajstić information content (AvgIpc) is 2.94. The lowest BCUT2D eigenvalue weighted by Crippen LogP contribution is -2.44. The SMILES string of the molecule is CCC1(CC)C=C(c2ccc(OCc3ccccc3)cc2F)C(C2(O)CCC2)=CC1OCc1ccccc1. The first-order valence-corrected chi connectivity index (χ1v) is 13.8. The van der Waals surface area contributed by atoms with Gasteiger partial charge in [-0.3, -0.25) is 0 Å². The highest BCUT2D eigenvalue weighted by atomic mass is 19.1. The largest absolute Gasteiger partial charge is 0.489 e. The molecule has 0 bridgehead atoms. The van der Waals surface area contributed by atoms with Gasteiger partial charge in [0.2, 0.25) is 0 Å². The molecule has 198 valence electrons. The summed E-state index contributed by atoms with van der Waals surface area (Å²) in [4.78, 5) is 0. The third-order valence-electron chi connectivity index (χ3n) is 8.36. The average molecular weight is 513 g/mol. The fraction of sp³-hybridized carbons (Fsp3) is 0.353. The van der Waals surface area contributed by atoms with Gasteiger partial charge in [-0.05, 0) is 72.6 Å². The van der Waals surface area contributed by atoms with Crippen LogP contribution >= 0.6 is 0 Å². The van der Waals surface area contributed by atoms with Crippen LogP contribution < -0.4 is 4.74 Å². The Labute approximate surface area is 225 Å². The lowest BCUT2D eigenvalue weighted by molar-refractivity contribution is -0.0167. The molecule has 1 N–H and O–H groups in total. The van der Waals surface area contributed by atoms with Gasteiger partial charge in [0.25, 0.3) is 0 Å². The molecule has 0 spiro atoms. The van der Waals surface area contributed by atoms with E-state index in [1.165, 1.54) is 6.07 Å². The Balaban J connectivity index is 1.46. The molecule has 0 amide bonds. The van der Waals surface area contributed by atoms with Crippen LogP contribution in [0.15, 0.2) is 96.6 Å². The lowest BCUT2D eigenvalue weighted by atomic mass is 9.63. The Kier molecular flexibility index (Phi) is 7.83. The first-order valence-electron chi connectivity index (χ1n) is 13.8. The Morgan fingerprint density at radius 1 is 0.868 bits per heavy atom. The van der Waals surface area contributed by atoms with Crippen molar-refractivity contribution in [3.05, 3.63) is 119 Å². The highest BCUT2D eigenvalue weighted by Gasteiger charge is 2.46. The summed E-state index contributed by atoms with van der Waals surface area (Å²) in [7, 11) is 0. The van der Waals surface area contributed by atoms with Crippen molar-refractivity contribution in [3.8, 4) is 5.75 Å². The Morgan fingerprint density at radius 2 is 1.50 bits per heavy atom. The number of hydrogen-bond donors (Lipinski definition) is 1. The molecule has 1 fully saturated rings. The predicted octanol–water partition coefficient (Wildman–Crippen LogP) is 8.03. The molecular formula is C34H37FO3. The smallest absolute Gasteiger partial charge is 0.134 e. The molecule has 2 aliphatic carbocycles. The molecule has 5 rings (SSSR count). The topological polar surface area (TPSA) is 38.7 Å². The first-order chi connectivity index (χ1) is 18.5. The van der Waals surface area contributed by atoms with E-state index in [4.69, 9.17) is 9.47 Å². The molecule has 3 aromatic rings. The molecule has 1 saturated carbocycles. The van der Waals surface area contributed by atoms with E-state index in [2.05, 4.69) is 38.1 Å². The molecule has 1 unspecified atom stereocenters. The van der Waals surface area contributed by atoms with Crippen molar-refractivity contribution >= 4 is 5.57 Å². The van der Waals surface area contributed by atoms with Crippen LogP contribution in [0.5, 0.6) is 5.75 Å². The maximum atomic E-state index is 15.7. The summed E-state index contributed by atoms with van der Waals surface area (Å²) in [5.41, 5.74) is 2.94. The summed E-state index contributed by atoms with van der Waals surface area (Å²) in [6.45, 7) is 5.18. The maximum Gasteiger partial charge on any atom is 0.134 e. The van der Waals surface area contributed by atoms with Crippen LogP contribution in [0.3, 0.4) is 0 Å². The molecule has 1 atom stereocenters. The normalized spacial score (nSPS) is 19.7. The van der Waals surface area contributed by atoms with Crippen molar-refractivity contribution < 1.29 is 19.0 Å². The number of ether oxygens (including phenoxy) is 2. The van der Waals surface area contributed by atoms with Crippen molar-refractivity contribution in [2.45, 2.75) is 70.9 Å². The van der Waals surface area contributed by atoms with Crippen molar-refractivity contribution in [1.29, 1.82) is 0 Å². The molecule has 38 heavy (non-hydrogen) atoms. The van der Waals surface area contributed by atoms with E-state index in [0.717, 1.165) is 41.5 Å². The van der Waals surface area contributed by atoms with Gasteiger partial charge in [0, 0.05) is 17.0 Å². The third kappa shape index (κ3) is 5.34. The van der Waals surface area contributed by atoms with Gasteiger partial charge in [-0.1, -0.05) is 80.6 Å². The number of rotatable bonds is 10. The summed E-state index contributed by atoms with van der Waals surface area (Å²) in [6.07, 6.45) is 8.04. The molecule has 0 heterocycles. The van der Waals surface area contributed by atoms with Gasteiger partial charge < -0.3 is 14.6 Å². The molecule has 4 heteroatoms. The van der Waals surface area contributed by atoms with Crippen LogP contribution in [-0.4, -0.2) is 16.8 Å². The zero-order valence-electron chi connectivity index (χ0n) is 22.3. The van der Waals surface area contributed by atoms with Crippen molar-refractivity contribution in [1.82, 2.24) is 0 Å². The van der Waals surface area contributed by atoms with Crippen LogP contribution in [-0.2, 0) is 18.0 Å². The Bertz CT molecular complexity index is 1290. The van der Waals surface area contributed by atoms with Gasteiger partial charge in [-0.25, -0.2) is 4.39 Å². The summed E-state index contributed by atoms with van der Waals surface area (Å²) in [5.74, 6) is 0.140. The van der Waals surface area contributed by atoms with Crippen LogP contribution in [0.2, 0.25) is 0 Å². The second-order valence-electron chi connectivity index (χ2n) is 10.6. The van der Waals surface area contributed by atoms with Crippen molar-refractivity contribution in [2.75, 3.05) is 0 Å². The van der Waals surface area contributed by atoms with Crippen LogP contribution in [0.25, 0.3) is 5.57 Å². The molecule has 2 aliphatic rings. The fourth-order valence-electron chi connectivity index (χ4n) is 5.64. The molecule has 0 radical (unpaired) electrons. The molecule has 0 aliphatic heterocycles. The highest BCUT2D eigenvalue weighted by molar-refractivity contribution is 5.84. The molecule has 0 saturated heterocycles. The van der Waals surface area contributed by atoms with Crippen molar-refractivity contribution in [3.63, 3.8) is 0 Å². The van der Waals surface area contributed by atoms with E-state index in [-0.39, 0.29) is 17.3 Å². The van der Waals surface area contributed by atoms with Gasteiger partial charge in [0.05, 0.1) is 18.3 Å². The summed E-state index contributed by atoms with van der Waals surface area (Å²) in [5, 5.41) is 11.5. The Hall–Kier alpha value is -3.21. The van der Waals surface area contributed by atoms with E-state index >= 15 is 4.39 Å². The number of aliphatic hydroxyl groups is 1. The van der Waals surface area contributed by atoms with Gasteiger partial charge in [-0.15, -0.1) is 0 Å². The number of benzene rings is 3. The minimum Gasteiger partial charge on any atom is -0.489 e. The van der Waals surface area contributed by atoms with Gasteiger partial charge in [0.1, 0.15) is 18.2 Å². The zero-order valence-corrected chi connectivity index (χ0v) is 22.3. The van der Waals surface area contributed by atoms with E-state index in [0.29, 0.717) is 37.4 Å². The predicted molar refractivity (Wildman–Crippen MR) is 150 cm³/mol. The van der Waals surface area contributed by atoms with Crippen molar-refractivity contribution in [2.24, 2.45) is 5.41 Å². The minimum atomic E-state index is -0.956. The van der Waals surface area contributed by atoms with Gasteiger partial charge >= 0.3 is 0 Å². The van der Waals surface area contributed by atoms with Crippen LogP contribution in [0, 0.1) is 11.2 Å². The van der Waals surface area contributed by atoms with E-state index in [9.17, 15) is 5.11 Å². The third-order valence-corrected chi connectivity index (χ3v) is 8.36. The second kappa shape index (κ2) is 11.3. The second-order valence-corrected chi connectivity index (χ2v) is 10.6. The Morgan fingerprint density at radius 3 is 2.05 bits per heavy atom. The summed E-state index contributed by atoms with van der Waals surface area (Å²) in [6, 6.07) is 25.1. The standard InChI is InChI=1S/C34H37FO3/c1-3-33(4-2)22-29(28-17-16-27(20-31(28)35)37-23-25-12-7-5-8-13-25)30(34(36)18-11-19-34)21-32(33)38-24-26-14-9-6-10-15-26/h5-10,12-17,20-22,32,36H,3-4,11,18-19,23-24H2,1-2H3. The van der Waals surface area contributed by atoms with E-state index in [1.807, 2.05) is 54.6 Å². The quantitative estimate of drug-likeness (QED) is 0.299. The number of hydrogen-bond acceptors (Lipinski definition) is 3. The van der Waals surface area contributed by atoms with Gasteiger partial charge in [0.15, 0.2) is 0 Å². The summed E-state index contributed by atoms with van der Waals surface area (Å²) >= 11 is 0. The van der Waals surface area contributed by atoms with Gasteiger partial charge in [-0.2, -0.15) is 0 Å². The maximum absolute atomic E-state index is 15.7. The zero-order chi connectivity index (χ0) is 26.6. The summed E-state index contributed by atoms with van der Waals surface area (Å²) < 4.78 is 28.1. The monoisotopic (exact) mass is 512 g/mol. The molecule has 3 aromatic carbocycles. The van der Waals surface area contributed by atoms with E-state index in [1.54, 1.807) is 6.07 Å². The van der Waals surface area contributed by atoms with Crippen LogP contribution in [0.4, 0.5) is 4.39 Å². The lowest BCUT2D eigenvalue weighted by Gasteiger charge is -2.46. The van der Waals surface area contributed by atoms with Crippen LogP contribution in [0.1, 0.15) is 62.6 Å². The molecular weight excluding hydrogens is 475 g/mol. The first kappa shape index (κ1) is 26.4. The molecule has 0 aromatic heterocycles. The molecule has 3 nitrogen and oxygen atoms in total. The fourth-order valence-corrected chi connectivity index (χ4v) is 5.64. The number of halogens is 1.